The Morgan fingerprint density at radius 1 is 1.64 bits per heavy atom. The summed E-state index contributed by atoms with van der Waals surface area (Å²) >= 11 is 0. The fourth-order valence-corrected chi connectivity index (χ4v) is 1.63. The summed E-state index contributed by atoms with van der Waals surface area (Å²) in [7, 11) is 1.46. The minimum absolute atomic E-state index is 0.201. The lowest BCUT2D eigenvalue weighted by atomic mass is 10.0. The van der Waals surface area contributed by atoms with Crippen molar-refractivity contribution in [1.82, 2.24) is 0 Å². The molecule has 0 aromatic carbocycles. The standard InChI is InChI=1S/C10H12O4/c1-14-8-5-4-7(3-2-6-11)9(8)10(12)13/h2-3,6-7H,4-5H2,1H3,(H,12,13). The van der Waals surface area contributed by atoms with Crippen LogP contribution in [0.4, 0.5) is 0 Å². The predicted molar refractivity (Wildman–Crippen MR) is 49.6 cm³/mol. The number of carboxylic acid groups (broad SMARTS) is 1. The number of rotatable bonds is 4. The molecule has 0 bridgehead atoms. The monoisotopic (exact) mass is 196 g/mol. The second-order valence-electron chi connectivity index (χ2n) is 3.01. The predicted octanol–water partition coefficient (Wildman–Crippen LogP) is 1.14. The summed E-state index contributed by atoms with van der Waals surface area (Å²) in [5.74, 6) is -0.661. The maximum Gasteiger partial charge on any atom is 0.335 e. The van der Waals surface area contributed by atoms with Gasteiger partial charge in [-0.3, -0.25) is 4.79 Å². The number of carbonyl (C=O) groups excluding carboxylic acids is 1. The van der Waals surface area contributed by atoms with Gasteiger partial charge < -0.3 is 9.84 Å². The van der Waals surface area contributed by atoms with Crippen molar-refractivity contribution in [2.24, 2.45) is 5.92 Å². The van der Waals surface area contributed by atoms with Crippen molar-refractivity contribution in [3.8, 4) is 0 Å². The van der Waals surface area contributed by atoms with Crippen LogP contribution in [0, 0.1) is 5.92 Å². The Labute approximate surface area is 81.9 Å². The van der Waals surface area contributed by atoms with Crippen LogP contribution in [0.3, 0.4) is 0 Å². The lowest BCUT2D eigenvalue weighted by Gasteiger charge is -2.05. The van der Waals surface area contributed by atoms with Crippen molar-refractivity contribution in [2.75, 3.05) is 7.11 Å². The molecule has 1 rings (SSSR count). The highest BCUT2D eigenvalue weighted by molar-refractivity contribution is 5.89. The van der Waals surface area contributed by atoms with Crippen LogP contribution in [-0.4, -0.2) is 24.5 Å². The van der Waals surface area contributed by atoms with Crippen molar-refractivity contribution in [2.45, 2.75) is 12.8 Å². The molecule has 0 aromatic rings. The van der Waals surface area contributed by atoms with E-state index in [0.29, 0.717) is 24.9 Å². The van der Waals surface area contributed by atoms with E-state index in [1.807, 2.05) is 0 Å². The molecule has 0 aliphatic heterocycles. The summed E-state index contributed by atoms with van der Waals surface area (Å²) in [5, 5.41) is 8.92. The van der Waals surface area contributed by atoms with Crippen molar-refractivity contribution in [1.29, 1.82) is 0 Å². The van der Waals surface area contributed by atoms with Gasteiger partial charge in [0.1, 0.15) is 12.0 Å². The molecule has 0 amide bonds. The number of hydrogen-bond acceptors (Lipinski definition) is 3. The number of allylic oxidation sites excluding steroid dienone is 3. The first-order chi connectivity index (χ1) is 6.70. The third-order valence-corrected chi connectivity index (χ3v) is 2.25. The molecular weight excluding hydrogens is 184 g/mol. The van der Waals surface area contributed by atoms with Gasteiger partial charge in [-0.1, -0.05) is 6.08 Å². The van der Waals surface area contributed by atoms with Gasteiger partial charge >= 0.3 is 5.97 Å². The van der Waals surface area contributed by atoms with Crippen LogP contribution in [0.1, 0.15) is 12.8 Å². The highest BCUT2D eigenvalue weighted by Crippen LogP contribution is 2.33. The molecule has 4 nitrogen and oxygen atoms in total. The van der Waals surface area contributed by atoms with Gasteiger partial charge in [-0.25, -0.2) is 4.79 Å². The van der Waals surface area contributed by atoms with Gasteiger partial charge in [-0.15, -0.1) is 0 Å². The molecule has 1 atom stereocenters. The summed E-state index contributed by atoms with van der Waals surface area (Å²) in [6.07, 6.45) is 4.88. The average molecular weight is 196 g/mol. The van der Waals surface area contributed by atoms with E-state index >= 15 is 0 Å². The molecule has 1 aliphatic carbocycles. The Balaban J connectivity index is 2.90. The van der Waals surface area contributed by atoms with Crippen molar-refractivity contribution >= 4 is 12.3 Å². The summed E-state index contributed by atoms with van der Waals surface area (Å²) in [4.78, 5) is 21.0. The molecule has 4 heteroatoms. The molecule has 0 spiro atoms. The Kier molecular flexibility index (Phi) is 3.45. The lowest BCUT2D eigenvalue weighted by Crippen LogP contribution is -2.08. The van der Waals surface area contributed by atoms with Crippen molar-refractivity contribution < 1.29 is 19.4 Å². The number of hydrogen-bond donors (Lipinski definition) is 1. The van der Waals surface area contributed by atoms with Crippen LogP contribution >= 0.6 is 0 Å². The van der Waals surface area contributed by atoms with Gasteiger partial charge in [-0.05, 0) is 12.5 Å². The lowest BCUT2D eigenvalue weighted by molar-refractivity contribution is -0.133. The van der Waals surface area contributed by atoms with Gasteiger partial charge in [0.25, 0.3) is 0 Å². The Morgan fingerprint density at radius 2 is 2.36 bits per heavy atom. The quantitative estimate of drug-likeness (QED) is 0.541. The minimum atomic E-state index is -0.972. The highest BCUT2D eigenvalue weighted by Gasteiger charge is 2.29. The second-order valence-corrected chi connectivity index (χ2v) is 3.01. The maximum absolute atomic E-state index is 10.9. The van der Waals surface area contributed by atoms with Gasteiger partial charge in [0.2, 0.25) is 0 Å². The van der Waals surface area contributed by atoms with Crippen molar-refractivity contribution in [3.63, 3.8) is 0 Å². The Bertz CT molecular complexity index is 301. The SMILES string of the molecule is COC1=C(C(=O)O)C(C=CC=O)CC1. The van der Waals surface area contributed by atoms with E-state index in [1.54, 1.807) is 6.08 Å². The molecule has 0 aromatic heterocycles. The molecule has 76 valence electrons. The van der Waals surface area contributed by atoms with E-state index < -0.39 is 5.97 Å². The molecule has 0 saturated heterocycles. The van der Waals surface area contributed by atoms with E-state index in [2.05, 4.69) is 0 Å². The topological polar surface area (TPSA) is 63.6 Å². The van der Waals surface area contributed by atoms with E-state index in [1.165, 1.54) is 13.2 Å². The number of aldehydes is 1. The van der Waals surface area contributed by atoms with E-state index in [-0.39, 0.29) is 11.5 Å². The largest absolute Gasteiger partial charge is 0.501 e. The van der Waals surface area contributed by atoms with Gasteiger partial charge in [0.05, 0.1) is 12.7 Å². The number of methoxy groups -OCH3 is 1. The number of ether oxygens (including phenoxy) is 1. The van der Waals surface area contributed by atoms with E-state index in [4.69, 9.17) is 9.84 Å². The summed E-state index contributed by atoms with van der Waals surface area (Å²) in [5.41, 5.74) is 0.269. The number of aliphatic carboxylic acids is 1. The van der Waals surface area contributed by atoms with Crippen LogP contribution in [-0.2, 0) is 14.3 Å². The number of carbonyl (C=O) groups is 2. The minimum Gasteiger partial charge on any atom is -0.501 e. The summed E-state index contributed by atoms with van der Waals surface area (Å²) < 4.78 is 4.97. The molecule has 0 heterocycles. The third-order valence-electron chi connectivity index (χ3n) is 2.25. The van der Waals surface area contributed by atoms with Crippen LogP contribution in [0.25, 0.3) is 0 Å². The smallest absolute Gasteiger partial charge is 0.335 e. The van der Waals surface area contributed by atoms with Crippen LogP contribution in [0.5, 0.6) is 0 Å². The highest BCUT2D eigenvalue weighted by atomic mass is 16.5. The van der Waals surface area contributed by atoms with Gasteiger partial charge in [-0.2, -0.15) is 0 Å². The first-order valence-corrected chi connectivity index (χ1v) is 4.33. The third kappa shape index (κ3) is 2.02. The molecular formula is C10H12O4. The normalized spacial score (nSPS) is 21.6. The van der Waals surface area contributed by atoms with E-state index in [0.717, 1.165) is 0 Å². The van der Waals surface area contributed by atoms with Gasteiger partial charge in [0.15, 0.2) is 0 Å². The zero-order valence-corrected chi connectivity index (χ0v) is 7.90. The molecule has 1 N–H and O–H groups in total. The Morgan fingerprint density at radius 3 is 2.86 bits per heavy atom. The number of carboxylic acids is 1. The molecule has 0 saturated carbocycles. The molecule has 0 fully saturated rings. The van der Waals surface area contributed by atoms with Crippen LogP contribution < -0.4 is 0 Å². The van der Waals surface area contributed by atoms with Crippen LogP contribution in [0.15, 0.2) is 23.5 Å². The summed E-state index contributed by atoms with van der Waals surface area (Å²) in [6, 6.07) is 0. The zero-order chi connectivity index (χ0) is 10.6. The fraction of sp³-hybridized carbons (Fsp3) is 0.400. The Hall–Kier alpha value is -1.58. The molecule has 0 radical (unpaired) electrons. The van der Waals surface area contributed by atoms with Gasteiger partial charge in [0, 0.05) is 12.3 Å². The van der Waals surface area contributed by atoms with E-state index in [9.17, 15) is 9.59 Å². The zero-order valence-electron chi connectivity index (χ0n) is 7.90. The second kappa shape index (κ2) is 4.60. The van der Waals surface area contributed by atoms with Crippen LogP contribution in [0.2, 0.25) is 0 Å². The average Bonchev–Trinajstić information content (AvgIpc) is 2.57. The fourth-order valence-electron chi connectivity index (χ4n) is 1.63. The summed E-state index contributed by atoms with van der Waals surface area (Å²) in [6.45, 7) is 0. The molecule has 14 heavy (non-hydrogen) atoms. The first kappa shape index (κ1) is 10.5. The maximum atomic E-state index is 10.9. The first-order valence-electron chi connectivity index (χ1n) is 4.33. The molecule has 1 aliphatic rings. The van der Waals surface area contributed by atoms with Crippen molar-refractivity contribution in [3.05, 3.63) is 23.5 Å². The molecule has 1 unspecified atom stereocenters.